The van der Waals surface area contributed by atoms with Gasteiger partial charge in [0.05, 0.1) is 11.3 Å². The third-order valence-electron chi connectivity index (χ3n) is 3.62. The molecule has 0 spiro atoms. The van der Waals surface area contributed by atoms with E-state index in [0.717, 1.165) is 32.0 Å². The van der Waals surface area contributed by atoms with Gasteiger partial charge in [0.1, 0.15) is 5.69 Å². The third-order valence-corrected chi connectivity index (χ3v) is 3.62. The molecule has 1 atom stereocenters. The summed E-state index contributed by atoms with van der Waals surface area (Å²) in [5.41, 5.74) is -0.703. The Morgan fingerprint density at radius 3 is 2.73 bits per heavy atom. The van der Waals surface area contributed by atoms with Crippen molar-refractivity contribution in [3.63, 3.8) is 0 Å². The number of nitrogens with zero attached hydrogens (tertiary/aromatic N) is 1. The van der Waals surface area contributed by atoms with Crippen LogP contribution in [0, 0.1) is 12.8 Å². The van der Waals surface area contributed by atoms with Gasteiger partial charge in [-0.25, -0.2) is 4.98 Å². The highest BCUT2D eigenvalue weighted by molar-refractivity contribution is 5.95. The summed E-state index contributed by atoms with van der Waals surface area (Å²) < 4.78 is 37.5. The van der Waals surface area contributed by atoms with E-state index in [0.29, 0.717) is 12.5 Å². The van der Waals surface area contributed by atoms with E-state index in [4.69, 9.17) is 0 Å². The monoisotopic (exact) mass is 337 g/mol. The summed E-state index contributed by atoms with van der Waals surface area (Å²) in [5.74, 6) is 0.178. The van der Waals surface area contributed by atoms with Gasteiger partial charge in [-0.1, -0.05) is 0 Å². The Morgan fingerprint density at radius 1 is 1.45 bits per heavy atom. The van der Waals surface area contributed by atoms with Crippen LogP contribution in [-0.4, -0.2) is 30.5 Å². The van der Waals surface area contributed by atoms with Crippen LogP contribution < -0.4 is 10.6 Å². The molecule has 0 aliphatic carbocycles. The van der Waals surface area contributed by atoms with Crippen LogP contribution in [0.2, 0.25) is 0 Å². The zero-order valence-corrected chi connectivity index (χ0v) is 13.0. The van der Waals surface area contributed by atoms with Gasteiger partial charge in [-0.05, 0) is 50.9 Å². The van der Waals surface area contributed by atoms with E-state index in [1.54, 1.807) is 0 Å². The number of carbonyl (C=O) groups excluding carboxylic acids is 1. The fraction of sp³-hybridized carbons (Fsp3) is 0.571. The molecule has 1 aliphatic rings. The van der Waals surface area contributed by atoms with E-state index in [1.807, 2.05) is 0 Å². The van der Waals surface area contributed by atoms with E-state index in [-0.39, 0.29) is 29.6 Å². The van der Waals surface area contributed by atoms with Crippen LogP contribution in [0.1, 0.15) is 34.6 Å². The minimum atomic E-state index is -4.49. The van der Waals surface area contributed by atoms with Crippen LogP contribution in [0.4, 0.5) is 13.2 Å². The maximum atomic E-state index is 12.5. The molecule has 22 heavy (non-hydrogen) atoms. The lowest BCUT2D eigenvalue weighted by Crippen LogP contribution is -2.27. The zero-order chi connectivity index (χ0) is 15.5. The number of aromatic nitrogens is 1. The average Bonchev–Trinajstić information content (AvgIpc) is 2.90. The molecule has 1 aromatic heterocycles. The quantitative estimate of drug-likeness (QED) is 0.888. The Balaban J connectivity index is 0.00000242. The van der Waals surface area contributed by atoms with Gasteiger partial charge in [0.25, 0.3) is 5.91 Å². The molecular weight excluding hydrogens is 319 g/mol. The van der Waals surface area contributed by atoms with Gasteiger partial charge in [-0.2, -0.15) is 13.2 Å². The smallest absolute Gasteiger partial charge is 0.352 e. The fourth-order valence-corrected chi connectivity index (χ4v) is 2.40. The van der Waals surface area contributed by atoms with Crippen molar-refractivity contribution in [2.75, 3.05) is 19.6 Å². The summed E-state index contributed by atoms with van der Waals surface area (Å²) in [6.07, 6.45) is -2.53. The predicted octanol–water partition coefficient (Wildman–Crippen LogP) is 2.56. The van der Waals surface area contributed by atoms with Gasteiger partial charge in [0.15, 0.2) is 0 Å². The van der Waals surface area contributed by atoms with Gasteiger partial charge >= 0.3 is 6.18 Å². The molecule has 1 aromatic rings. The topological polar surface area (TPSA) is 54.0 Å². The van der Waals surface area contributed by atoms with Gasteiger partial charge in [-0.15, -0.1) is 12.4 Å². The van der Waals surface area contributed by atoms with Crippen molar-refractivity contribution >= 4 is 18.3 Å². The standard InChI is InChI=1S/C14H18F3N3O.ClH/c1-9-11(2-3-12(20-9)14(15,16)17)13(21)19-7-5-10-4-6-18-8-10;/h2-3,10,18H,4-8H2,1H3,(H,19,21);1H. The highest BCUT2D eigenvalue weighted by Gasteiger charge is 2.33. The van der Waals surface area contributed by atoms with Crippen molar-refractivity contribution in [2.24, 2.45) is 5.92 Å². The van der Waals surface area contributed by atoms with Crippen molar-refractivity contribution < 1.29 is 18.0 Å². The molecule has 2 rings (SSSR count). The van der Waals surface area contributed by atoms with Crippen LogP contribution in [-0.2, 0) is 6.18 Å². The molecule has 0 aromatic carbocycles. The SMILES string of the molecule is Cc1nc(C(F)(F)F)ccc1C(=O)NCCC1CCNC1.Cl. The van der Waals surface area contributed by atoms with Crippen molar-refractivity contribution in [1.82, 2.24) is 15.6 Å². The van der Waals surface area contributed by atoms with Crippen molar-refractivity contribution in [1.29, 1.82) is 0 Å². The molecule has 4 nitrogen and oxygen atoms in total. The molecule has 1 saturated heterocycles. The second-order valence-corrected chi connectivity index (χ2v) is 5.23. The van der Waals surface area contributed by atoms with Crippen molar-refractivity contribution in [2.45, 2.75) is 25.9 Å². The molecular formula is C14H19ClF3N3O. The normalized spacial score (nSPS) is 17.9. The molecule has 8 heteroatoms. The first-order chi connectivity index (χ1) is 9.88. The first-order valence-electron chi connectivity index (χ1n) is 6.91. The van der Waals surface area contributed by atoms with Crippen LogP contribution in [0.25, 0.3) is 0 Å². The lowest BCUT2D eigenvalue weighted by atomic mass is 10.1. The first kappa shape index (κ1) is 18.7. The number of halogens is 4. The number of hydrogen-bond acceptors (Lipinski definition) is 3. The Labute approximate surface area is 133 Å². The minimum Gasteiger partial charge on any atom is -0.352 e. The molecule has 1 aliphatic heterocycles. The van der Waals surface area contributed by atoms with E-state index in [9.17, 15) is 18.0 Å². The van der Waals surface area contributed by atoms with E-state index in [2.05, 4.69) is 15.6 Å². The van der Waals surface area contributed by atoms with E-state index >= 15 is 0 Å². The number of carbonyl (C=O) groups is 1. The summed E-state index contributed by atoms with van der Waals surface area (Å²) in [7, 11) is 0. The van der Waals surface area contributed by atoms with E-state index in [1.165, 1.54) is 13.0 Å². The van der Waals surface area contributed by atoms with Gasteiger partial charge in [-0.3, -0.25) is 4.79 Å². The zero-order valence-electron chi connectivity index (χ0n) is 12.2. The summed E-state index contributed by atoms with van der Waals surface area (Å²) in [6, 6.07) is 2.01. The fourth-order valence-electron chi connectivity index (χ4n) is 2.40. The number of hydrogen-bond donors (Lipinski definition) is 2. The third kappa shape index (κ3) is 4.84. The molecule has 0 saturated carbocycles. The molecule has 2 heterocycles. The highest BCUT2D eigenvalue weighted by Crippen LogP contribution is 2.28. The summed E-state index contributed by atoms with van der Waals surface area (Å²) in [5, 5.41) is 5.98. The van der Waals surface area contributed by atoms with E-state index < -0.39 is 11.9 Å². The van der Waals surface area contributed by atoms with Gasteiger partial charge in [0, 0.05) is 6.54 Å². The molecule has 0 bridgehead atoms. The van der Waals surface area contributed by atoms with Crippen LogP contribution >= 0.6 is 12.4 Å². The summed E-state index contributed by atoms with van der Waals surface area (Å²) in [4.78, 5) is 15.4. The second kappa shape index (κ2) is 7.78. The number of amides is 1. The summed E-state index contributed by atoms with van der Waals surface area (Å²) >= 11 is 0. The number of nitrogens with one attached hydrogen (secondary N) is 2. The molecule has 1 unspecified atom stereocenters. The Hall–Kier alpha value is -1.34. The molecule has 0 radical (unpaired) electrons. The molecule has 1 fully saturated rings. The summed E-state index contributed by atoms with van der Waals surface area (Å²) in [6.45, 7) is 3.88. The highest BCUT2D eigenvalue weighted by atomic mass is 35.5. The Morgan fingerprint density at radius 2 is 2.18 bits per heavy atom. The lowest BCUT2D eigenvalue weighted by molar-refractivity contribution is -0.141. The van der Waals surface area contributed by atoms with Crippen LogP contribution in [0.5, 0.6) is 0 Å². The average molecular weight is 338 g/mol. The molecule has 124 valence electrons. The van der Waals surface area contributed by atoms with Crippen molar-refractivity contribution in [3.05, 3.63) is 29.1 Å². The number of rotatable bonds is 4. The number of aryl methyl sites for hydroxylation is 1. The van der Waals surface area contributed by atoms with Crippen molar-refractivity contribution in [3.8, 4) is 0 Å². The number of pyridine rings is 1. The first-order valence-corrected chi connectivity index (χ1v) is 6.91. The second-order valence-electron chi connectivity index (χ2n) is 5.23. The minimum absolute atomic E-state index is 0. The Bertz CT molecular complexity index is 517. The van der Waals surface area contributed by atoms with Gasteiger partial charge in [0.2, 0.25) is 0 Å². The lowest BCUT2D eigenvalue weighted by Gasteiger charge is -2.12. The maximum absolute atomic E-state index is 12.5. The van der Waals surface area contributed by atoms with Crippen LogP contribution in [0.15, 0.2) is 12.1 Å². The predicted molar refractivity (Wildman–Crippen MR) is 79.2 cm³/mol. The van der Waals surface area contributed by atoms with Crippen LogP contribution in [0.3, 0.4) is 0 Å². The maximum Gasteiger partial charge on any atom is 0.433 e. The molecule has 2 N–H and O–H groups in total. The Kier molecular flexibility index (Phi) is 6.62. The van der Waals surface area contributed by atoms with Gasteiger partial charge < -0.3 is 10.6 Å². The number of alkyl halides is 3. The largest absolute Gasteiger partial charge is 0.433 e. The molecule has 1 amide bonds.